The van der Waals surface area contributed by atoms with Gasteiger partial charge in [0.05, 0.1) is 38.3 Å². The highest BCUT2D eigenvalue weighted by molar-refractivity contribution is 6.32. The van der Waals surface area contributed by atoms with E-state index in [1.807, 2.05) is 48.5 Å². The van der Waals surface area contributed by atoms with Crippen LogP contribution in [0.3, 0.4) is 0 Å². The normalized spacial score (nSPS) is 10.7. The van der Waals surface area contributed by atoms with Gasteiger partial charge in [-0.05, 0) is 35.9 Å². The summed E-state index contributed by atoms with van der Waals surface area (Å²) in [6.45, 7) is 0.404. The summed E-state index contributed by atoms with van der Waals surface area (Å²) in [4.78, 5) is 0. The summed E-state index contributed by atoms with van der Waals surface area (Å²) < 4.78 is 22.1. The topological polar surface area (TPSA) is 61.3 Å². The minimum Gasteiger partial charge on any atom is -0.495 e. The van der Waals surface area contributed by atoms with E-state index in [1.165, 1.54) is 0 Å². The summed E-state index contributed by atoms with van der Waals surface area (Å²) in [6, 6.07) is 18.9. The number of hydrogen-bond acceptors (Lipinski definition) is 6. The van der Waals surface area contributed by atoms with E-state index in [1.54, 1.807) is 39.7 Å². The van der Waals surface area contributed by atoms with Gasteiger partial charge in [-0.25, -0.2) is 0 Å². The lowest BCUT2D eigenvalue weighted by atomic mass is 10.2. The molecule has 0 radical (unpaired) electrons. The van der Waals surface area contributed by atoms with Gasteiger partial charge in [0.15, 0.2) is 11.5 Å². The Morgan fingerprint density at radius 2 is 1.53 bits per heavy atom. The fourth-order valence-electron chi connectivity index (χ4n) is 2.76. The standard InChI is InChI=1S/C23H23ClN2O4/c1-27-20-10-9-18(13-19(20)24)26-25-14-17-11-21(28-2)23(22(12-17)29-3)30-15-16-7-5-4-6-8-16/h4-14,26H,15H2,1-3H3/b25-14+. The average Bonchev–Trinajstić information content (AvgIpc) is 2.78. The Kier molecular flexibility index (Phi) is 7.40. The van der Waals surface area contributed by atoms with E-state index in [0.29, 0.717) is 34.6 Å². The molecule has 1 N–H and O–H groups in total. The predicted octanol–water partition coefficient (Wildman–Crippen LogP) is 5.39. The monoisotopic (exact) mass is 426 g/mol. The number of benzene rings is 3. The molecule has 0 heterocycles. The van der Waals surface area contributed by atoms with Crippen LogP contribution >= 0.6 is 11.6 Å². The van der Waals surface area contributed by atoms with Crippen LogP contribution in [0.4, 0.5) is 5.69 Å². The molecule has 3 rings (SSSR count). The number of ether oxygens (including phenoxy) is 4. The molecule has 3 aromatic rings. The molecule has 0 aliphatic carbocycles. The highest BCUT2D eigenvalue weighted by Gasteiger charge is 2.14. The first-order valence-electron chi connectivity index (χ1n) is 9.20. The van der Waals surface area contributed by atoms with Crippen LogP contribution in [-0.4, -0.2) is 27.5 Å². The van der Waals surface area contributed by atoms with Crippen LogP contribution in [0.2, 0.25) is 5.02 Å². The van der Waals surface area contributed by atoms with Crippen LogP contribution in [0.1, 0.15) is 11.1 Å². The third-order valence-corrected chi connectivity index (χ3v) is 4.56. The fourth-order valence-corrected chi connectivity index (χ4v) is 3.02. The molecule has 156 valence electrons. The van der Waals surface area contributed by atoms with Crippen LogP contribution in [0.5, 0.6) is 23.0 Å². The summed E-state index contributed by atoms with van der Waals surface area (Å²) in [5.74, 6) is 2.25. The first-order valence-corrected chi connectivity index (χ1v) is 9.57. The molecular formula is C23H23ClN2O4. The van der Waals surface area contributed by atoms with Crippen molar-refractivity contribution in [3.05, 3.63) is 76.8 Å². The lowest BCUT2D eigenvalue weighted by Crippen LogP contribution is -2.01. The molecule has 3 aromatic carbocycles. The van der Waals surface area contributed by atoms with Gasteiger partial charge in [-0.15, -0.1) is 0 Å². The molecule has 6 nitrogen and oxygen atoms in total. The Balaban J connectivity index is 1.75. The van der Waals surface area contributed by atoms with Gasteiger partial charge in [0.25, 0.3) is 0 Å². The molecule has 0 amide bonds. The first kappa shape index (κ1) is 21.3. The Labute approximate surface area is 181 Å². The van der Waals surface area contributed by atoms with Crippen LogP contribution in [0.25, 0.3) is 0 Å². The van der Waals surface area contributed by atoms with E-state index in [9.17, 15) is 0 Å². The lowest BCUT2D eigenvalue weighted by Gasteiger charge is -2.15. The zero-order chi connectivity index (χ0) is 21.3. The van der Waals surface area contributed by atoms with Gasteiger partial charge in [0.1, 0.15) is 12.4 Å². The van der Waals surface area contributed by atoms with E-state index < -0.39 is 0 Å². The minimum absolute atomic E-state index is 0.404. The molecule has 7 heteroatoms. The van der Waals surface area contributed by atoms with Crippen LogP contribution in [0, 0.1) is 0 Å². The molecule has 30 heavy (non-hydrogen) atoms. The van der Waals surface area contributed by atoms with Gasteiger partial charge in [-0.1, -0.05) is 41.9 Å². The maximum absolute atomic E-state index is 6.13. The number of halogens is 1. The van der Waals surface area contributed by atoms with E-state index in [2.05, 4.69) is 10.5 Å². The van der Waals surface area contributed by atoms with Gasteiger partial charge >= 0.3 is 0 Å². The fraction of sp³-hybridized carbons (Fsp3) is 0.174. The smallest absolute Gasteiger partial charge is 0.203 e. The van der Waals surface area contributed by atoms with Crippen molar-refractivity contribution < 1.29 is 18.9 Å². The maximum atomic E-state index is 6.13. The zero-order valence-corrected chi connectivity index (χ0v) is 17.8. The third-order valence-electron chi connectivity index (χ3n) is 4.27. The van der Waals surface area contributed by atoms with Gasteiger partial charge in [-0.3, -0.25) is 5.43 Å². The summed E-state index contributed by atoms with van der Waals surface area (Å²) in [7, 11) is 4.74. The second-order valence-electron chi connectivity index (χ2n) is 6.25. The number of hydrazone groups is 1. The van der Waals surface area contributed by atoms with E-state index in [4.69, 9.17) is 30.5 Å². The summed E-state index contributed by atoms with van der Waals surface area (Å²) in [5.41, 5.74) is 5.50. The van der Waals surface area contributed by atoms with E-state index >= 15 is 0 Å². The maximum Gasteiger partial charge on any atom is 0.203 e. The molecule has 0 aromatic heterocycles. The number of methoxy groups -OCH3 is 3. The quantitative estimate of drug-likeness (QED) is 0.367. The van der Waals surface area contributed by atoms with Gasteiger partial charge < -0.3 is 18.9 Å². The summed E-state index contributed by atoms with van der Waals surface area (Å²) >= 11 is 6.13. The van der Waals surface area contributed by atoms with Crippen molar-refractivity contribution in [2.45, 2.75) is 6.61 Å². The van der Waals surface area contributed by atoms with Crippen LogP contribution in [-0.2, 0) is 6.61 Å². The largest absolute Gasteiger partial charge is 0.495 e. The molecule has 0 fully saturated rings. The van der Waals surface area contributed by atoms with Crippen molar-refractivity contribution >= 4 is 23.5 Å². The highest BCUT2D eigenvalue weighted by atomic mass is 35.5. The van der Waals surface area contributed by atoms with Crippen molar-refractivity contribution in [2.75, 3.05) is 26.8 Å². The van der Waals surface area contributed by atoms with Crippen molar-refractivity contribution in [1.82, 2.24) is 0 Å². The Morgan fingerprint density at radius 3 is 2.13 bits per heavy atom. The zero-order valence-electron chi connectivity index (χ0n) is 17.0. The van der Waals surface area contributed by atoms with Crippen LogP contribution < -0.4 is 24.4 Å². The predicted molar refractivity (Wildman–Crippen MR) is 120 cm³/mol. The molecule has 0 bridgehead atoms. The highest BCUT2D eigenvalue weighted by Crippen LogP contribution is 2.38. The number of hydrogen-bond donors (Lipinski definition) is 1. The Hall–Kier alpha value is -3.38. The second kappa shape index (κ2) is 10.4. The molecule has 0 aliphatic heterocycles. The number of rotatable bonds is 9. The van der Waals surface area contributed by atoms with Crippen molar-refractivity contribution in [3.63, 3.8) is 0 Å². The molecular weight excluding hydrogens is 404 g/mol. The first-order chi connectivity index (χ1) is 14.6. The van der Waals surface area contributed by atoms with Gasteiger partial charge in [-0.2, -0.15) is 5.10 Å². The summed E-state index contributed by atoms with van der Waals surface area (Å²) in [6.07, 6.45) is 1.66. The Bertz CT molecular complexity index is 984. The third kappa shape index (κ3) is 5.36. The molecule has 0 saturated heterocycles. The van der Waals surface area contributed by atoms with Crippen molar-refractivity contribution in [2.24, 2.45) is 5.10 Å². The number of anilines is 1. The summed E-state index contributed by atoms with van der Waals surface area (Å²) in [5, 5.41) is 4.76. The van der Waals surface area contributed by atoms with Gasteiger partial charge in [0, 0.05) is 5.56 Å². The average molecular weight is 427 g/mol. The molecule has 0 unspecified atom stereocenters. The lowest BCUT2D eigenvalue weighted by molar-refractivity contribution is 0.266. The molecule has 0 saturated carbocycles. The van der Waals surface area contributed by atoms with Crippen molar-refractivity contribution in [3.8, 4) is 23.0 Å². The molecule has 0 aliphatic rings. The minimum atomic E-state index is 0.404. The van der Waals surface area contributed by atoms with Gasteiger partial charge in [0.2, 0.25) is 5.75 Å². The SMILES string of the molecule is COc1ccc(N/N=C/c2cc(OC)c(OCc3ccccc3)c(OC)c2)cc1Cl. The van der Waals surface area contributed by atoms with E-state index in [0.717, 1.165) is 16.8 Å². The second-order valence-corrected chi connectivity index (χ2v) is 6.66. The van der Waals surface area contributed by atoms with Crippen molar-refractivity contribution in [1.29, 1.82) is 0 Å². The Morgan fingerprint density at radius 1 is 0.867 bits per heavy atom. The van der Waals surface area contributed by atoms with Crippen LogP contribution in [0.15, 0.2) is 65.8 Å². The number of nitrogens with zero attached hydrogens (tertiary/aromatic N) is 1. The molecule has 0 atom stereocenters. The molecule has 0 spiro atoms. The van der Waals surface area contributed by atoms with E-state index in [-0.39, 0.29) is 0 Å². The number of nitrogens with one attached hydrogen (secondary N) is 1.